The molecule has 16 heavy (non-hydrogen) atoms. The van der Waals surface area contributed by atoms with Gasteiger partial charge < -0.3 is 17.3 Å². The first-order valence-corrected chi connectivity index (χ1v) is 5.87. The third kappa shape index (κ3) is 10.5. The van der Waals surface area contributed by atoms with Crippen LogP contribution in [0.5, 0.6) is 5.75 Å². The van der Waals surface area contributed by atoms with Crippen LogP contribution < -0.4 is 4.74 Å². The van der Waals surface area contributed by atoms with Crippen LogP contribution in [0.3, 0.4) is 0 Å². The first-order valence-electron chi connectivity index (χ1n) is 4.31. The number of hydrogen-bond acceptors (Lipinski definition) is 1. The van der Waals surface area contributed by atoms with E-state index in [0.29, 0.717) is 49.0 Å². The van der Waals surface area contributed by atoms with E-state index in [0.717, 1.165) is 11.3 Å². The predicted molar refractivity (Wildman–Crippen MR) is 55.8 cm³/mol. The summed E-state index contributed by atoms with van der Waals surface area (Å²) in [6.45, 7) is 0. The maximum Gasteiger partial charge on any atom is 0.673 e. The summed E-state index contributed by atoms with van der Waals surface area (Å²) in [5, 5.41) is 0. The third-order valence-corrected chi connectivity index (χ3v) is 1.75. The zero-order chi connectivity index (χ0) is 12.6. The normalized spacial score (nSPS) is 9.44. The Labute approximate surface area is 125 Å². The van der Waals surface area contributed by atoms with Gasteiger partial charge >= 0.3 is 110 Å². The summed E-state index contributed by atoms with van der Waals surface area (Å²) in [5.74, 6) is 3.92. The van der Waals surface area contributed by atoms with Gasteiger partial charge in [0.05, 0.1) is 0 Å². The zero-order valence-electron chi connectivity index (χ0n) is 8.81. The molecule has 82 valence electrons. The van der Waals surface area contributed by atoms with Gasteiger partial charge in [0.25, 0.3) is 0 Å². The molecule has 0 fully saturated rings. The largest absolute Gasteiger partial charge is 0.673 e. The molecule has 0 aliphatic rings. The van der Waals surface area contributed by atoms with E-state index >= 15 is 0 Å². The third-order valence-electron chi connectivity index (χ3n) is 1.36. The van der Waals surface area contributed by atoms with E-state index in [-0.39, 0.29) is 0 Å². The first kappa shape index (κ1) is 16.0. The second-order valence-electron chi connectivity index (χ2n) is 2.60. The van der Waals surface area contributed by atoms with E-state index in [1.54, 1.807) is 7.11 Å². The van der Waals surface area contributed by atoms with Crippen LogP contribution in [0, 0.1) is 5.94 Å². The molecular formula is C9H7BF4KO-. The first-order chi connectivity index (χ1) is 7.36. The van der Waals surface area contributed by atoms with Crippen LogP contribution in [0.2, 0.25) is 0 Å². The van der Waals surface area contributed by atoms with Crippen LogP contribution in [-0.4, -0.2) is 63.3 Å². The number of rotatable bonds is 1. The van der Waals surface area contributed by atoms with Gasteiger partial charge in [-0.2, -0.15) is 0 Å². The maximum absolute atomic E-state index is 9.75. The summed E-state index contributed by atoms with van der Waals surface area (Å²) < 4.78 is 47.0. The van der Waals surface area contributed by atoms with Crippen molar-refractivity contribution in [3.05, 3.63) is 29.8 Å². The van der Waals surface area contributed by atoms with E-state index in [1.807, 2.05) is 24.3 Å². The molecule has 0 bridgehead atoms. The molecular weight excluding hydrogens is 250 g/mol. The maximum atomic E-state index is 9.75. The smallest absolute Gasteiger partial charge is 0.418 e. The molecule has 7 heteroatoms. The van der Waals surface area contributed by atoms with Crippen molar-refractivity contribution >= 4 is 56.2 Å². The fourth-order valence-corrected chi connectivity index (χ4v) is 1.27. The van der Waals surface area contributed by atoms with Crippen molar-refractivity contribution in [3.8, 4) is 11.7 Å². The van der Waals surface area contributed by atoms with Crippen molar-refractivity contribution in [1.29, 1.82) is 0 Å². The van der Waals surface area contributed by atoms with Crippen molar-refractivity contribution in [2.24, 2.45) is 0 Å². The fourth-order valence-electron chi connectivity index (χ4n) is 0.819. The monoisotopic (exact) mass is 257 g/mol. The van der Waals surface area contributed by atoms with Crippen molar-refractivity contribution in [1.82, 2.24) is 0 Å². The average molecular weight is 257 g/mol. The Bertz CT molecular complexity index is 360. The molecule has 0 heterocycles. The Kier molecular flexibility index (Phi) is 8.15. The van der Waals surface area contributed by atoms with E-state index in [4.69, 9.17) is 4.74 Å². The molecule has 1 aromatic carbocycles. The molecule has 0 aliphatic carbocycles. The SMILES string of the molecule is COc1ccc(C#[C][K])cc1.F[B-](F)(F)F. The molecule has 0 N–H and O–H groups in total. The molecule has 0 atom stereocenters. The summed E-state index contributed by atoms with van der Waals surface area (Å²) in [6.07, 6.45) is 0. The second kappa shape index (κ2) is 8.15. The Morgan fingerprint density at radius 1 is 1.12 bits per heavy atom. The van der Waals surface area contributed by atoms with Gasteiger partial charge in [0.15, 0.2) is 0 Å². The summed E-state index contributed by atoms with van der Waals surface area (Å²) in [5.41, 5.74) is 1.07. The average Bonchev–Trinajstić information content (AvgIpc) is 2.17. The van der Waals surface area contributed by atoms with Crippen molar-refractivity contribution in [3.63, 3.8) is 0 Å². The van der Waals surface area contributed by atoms with Gasteiger partial charge in [0, 0.05) is 0 Å². The molecule has 0 radical (unpaired) electrons. The molecule has 0 unspecified atom stereocenters. The van der Waals surface area contributed by atoms with Crippen LogP contribution >= 0.6 is 0 Å². The molecule has 1 rings (SSSR count). The van der Waals surface area contributed by atoms with Crippen molar-refractivity contribution in [2.75, 3.05) is 7.11 Å². The quantitative estimate of drug-likeness (QED) is 0.426. The summed E-state index contributed by atoms with van der Waals surface area (Å²) in [7, 11) is -4.34. The standard InChI is InChI=1S/C9H7O.BF4.K/c1-3-8-4-6-9(10-2)7-5-8;2-1(3,4)5;/h4-7H,2H3;;/q;-1;. The number of halogens is 4. The van der Waals surface area contributed by atoms with Crippen LogP contribution in [0.1, 0.15) is 5.56 Å². The molecule has 0 aliphatic heterocycles. The topological polar surface area (TPSA) is 9.23 Å². The van der Waals surface area contributed by atoms with Crippen LogP contribution in [0.15, 0.2) is 24.3 Å². The van der Waals surface area contributed by atoms with Crippen molar-refractivity contribution < 1.29 is 22.0 Å². The zero-order valence-corrected chi connectivity index (χ0v) is 11.9. The van der Waals surface area contributed by atoms with Crippen LogP contribution in [0.4, 0.5) is 17.3 Å². The molecule has 0 aromatic heterocycles. The van der Waals surface area contributed by atoms with Crippen molar-refractivity contribution in [2.45, 2.75) is 0 Å². The predicted octanol–water partition coefficient (Wildman–Crippen LogP) is 2.47. The van der Waals surface area contributed by atoms with Gasteiger partial charge in [0.1, 0.15) is 0 Å². The minimum absolute atomic E-state index is 0.618. The van der Waals surface area contributed by atoms with E-state index < -0.39 is 7.25 Å². The van der Waals surface area contributed by atoms with Gasteiger partial charge in [-0.3, -0.25) is 0 Å². The second-order valence-corrected chi connectivity index (χ2v) is 3.38. The van der Waals surface area contributed by atoms with Gasteiger partial charge in [-0.05, 0) is 0 Å². The molecule has 1 aromatic rings. The number of methoxy groups -OCH3 is 1. The minimum Gasteiger partial charge on any atom is -0.418 e. The Morgan fingerprint density at radius 2 is 1.56 bits per heavy atom. The van der Waals surface area contributed by atoms with Gasteiger partial charge in [0.2, 0.25) is 0 Å². The number of hydrogen-bond donors (Lipinski definition) is 0. The molecule has 0 spiro atoms. The summed E-state index contributed by atoms with van der Waals surface area (Å²) in [4.78, 5) is 0. The minimum atomic E-state index is -6.00. The molecule has 0 saturated carbocycles. The van der Waals surface area contributed by atoms with Gasteiger partial charge in [-0.1, -0.05) is 0 Å². The Hall–Kier alpha value is 0.00130. The molecule has 0 saturated heterocycles. The van der Waals surface area contributed by atoms with E-state index in [1.165, 1.54) is 0 Å². The summed E-state index contributed by atoms with van der Waals surface area (Å²) in [6, 6.07) is 7.79. The van der Waals surface area contributed by atoms with Crippen LogP contribution in [-0.2, 0) is 0 Å². The number of ether oxygens (including phenoxy) is 1. The Balaban J connectivity index is 0.000000385. The Morgan fingerprint density at radius 3 is 1.88 bits per heavy atom. The van der Waals surface area contributed by atoms with Gasteiger partial charge in [-0.25, -0.2) is 0 Å². The van der Waals surface area contributed by atoms with E-state index in [9.17, 15) is 17.3 Å². The summed E-state index contributed by atoms with van der Waals surface area (Å²) >= 11 is 0.618. The molecule has 1 nitrogen and oxygen atoms in total. The van der Waals surface area contributed by atoms with E-state index in [2.05, 4.69) is 5.94 Å². The van der Waals surface area contributed by atoms with Gasteiger partial charge in [-0.15, -0.1) is 0 Å². The fraction of sp³-hybridized carbons (Fsp3) is 0.111. The molecule has 0 amide bonds. The van der Waals surface area contributed by atoms with Crippen LogP contribution in [0.25, 0.3) is 0 Å². The number of benzene rings is 1.